The van der Waals surface area contributed by atoms with E-state index in [0.717, 1.165) is 5.56 Å². The summed E-state index contributed by atoms with van der Waals surface area (Å²) in [4.78, 5) is 13.9. The number of carbonyl (C=O) groups is 1. The van der Waals surface area contributed by atoms with Crippen LogP contribution in [0.3, 0.4) is 0 Å². The molecular formula is C14H18ClNO3. The minimum absolute atomic E-state index is 0.0963. The fraction of sp³-hybridized carbons (Fsp3) is 0.500. The SMILES string of the molecule is CCO[C@H]1CN(C(=O)c2ccc(Cl)c(C)c2)C[C@@H]1O. The monoisotopic (exact) mass is 283 g/mol. The van der Waals surface area contributed by atoms with Crippen LogP contribution in [-0.2, 0) is 4.74 Å². The largest absolute Gasteiger partial charge is 0.388 e. The molecule has 1 aliphatic rings. The van der Waals surface area contributed by atoms with Crippen molar-refractivity contribution >= 4 is 17.5 Å². The molecule has 1 amide bonds. The van der Waals surface area contributed by atoms with Gasteiger partial charge in [-0.2, -0.15) is 0 Å². The molecule has 19 heavy (non-hydrogen) atoms. The quantitative estimate of drug-likeness (QED) is 0.921. The molecule has 4 nitrogen and oxygen atoms in total. The van der Waals surface area contributed by atoms with Crippen molar-refractivity contribution < 1.29 is 14.6 Å². The van der Waals surface area contributed by atoms with Crippen LogP contribution in [0.4, 0.5) is 0 Å². The Balaban J connectivity index is 2.10. The Kier molecular flexibility index (Phi) is 4.45. The minimum atomic E-state index is -0.614. The zero-order valence-corrected chi connectivity index (χ0v) is 11.9. The molecule has 0 aromatic heterocycles. The molecule has 1 aromatic rings. The molecule has 1 saturated heterocycles. The fourth-order valence-electron chi connectivity index (χ4n) is 2.26. The van der Waals surface area contributed by atoms with Crippen LogP contribution in [0.5, 0.6) is 0 Å². The molecule has 0 saturated carbocycles. The van der Waals surface area contributed by atoms with Crippen LogP contribution in [-0.4, -0.2) is 47.8 Å². The van der Waals surface area contributed by atoms with Gasteiger partial charge >= 0.3 is 0 Å². The number of hydrogen-bond donors (Lipinski definition) is 1. The molecule has 1 fully saturated rings. The van der Waals surface area contributed by atoms with Crippen molar-refractivity contribution in [2.24, 2.45) is 0 Å². The van der Waals surface area contributed by atoms with E-state index in [0.29, 0.717) is 30.3 Å². The van der Waals surface area contributed by atoms with Gasteiger partial charge in [-0.3, -0.25) is 4.79 Å². The number of likely N-dealkylation sites (tertiary alicyclic amines) is 1. The van der Waals surface area contributed by atoms with Crippen LogP contribution >= 0.6 is 11.6 Å². The third kappa shape index (κ3) is 3.08. The number of aliphatic hydroxyl groups excluding tert-OH is 1. The van der Waals surface area contributed by atoms with Gasteiger partial charge in [-0.1, -0.05) is 11.6 Å². The van der Waals surface area contributed by atoms with Gasteiger partial charge in [-0.15, -0.1) is 0 Å². The summed E-state index contributed by atoms with van der Waals surface area (Å²) in [6.07, 6.45) is -0.903. The standard InChI is InChI=1S/C14H18ClNO3/c1-3-19-13-8-16(7-12(13)17)14(18)10-4-5-11(15)9(2)6-10/h4-6,12-13,17H,3,7-8H2,1-2H3/t12-,13-/m0/s1. The Bertz CT molecular complexity index is 478. The van der Waals surface area contributed by atoms with Crippen molar-refractivity contribution in [2.45, 2.75) is 26.1 Å². The minimum Gasteiger partial charge on any atom is -0.388 e. The molecule has 1 aromatic carbocycles. The Labute approximate surface area is 117 Å². The molecular weight excluding hydrogens is 266 g/mol. The normalized spacial score (nSPS) is 22.8. The smallest absolute Gasteiger partial charge is 0.254 e. The van der Waals surface area contributed by atoms with Gasteiger partial charge in [0.1, 0.15) is 6.10 Å². The Morgan fingerprint density at radius 3 is 2.89 bits per heavy atom. The fourth-order valence-corrected chi connectivity index (χ4v) is 2.38. The van der Waals surface area contributed by atoms with E-state index in [9.17, 15) is 9.90 Å². The van der Waals surface area contributed by atoms with E-state index < -0.39 is 6.10 Å². The number of ether oxygens (including phenoxy) is 1. The number of β-amino-alcohol motifs (C(OH)–C–C–N with tert-alkyl or cyclic N) is 1. The highest BCUT2D eigenvalue weighted by Gasteiger charge is 2.34. The summed E-state index contributed by atoms with van der Waals surface area (Å²) in [6.45, 7) is 5.01. The summed E-state index contributed by atoms with van der Waals surface area (Å²) in [5, 5.41) is 10.5. The Morgan fingerprint density at radius 1 is 1.53 bits per heavy atom. The van der Waals surface area contributed by atoms with E-state index in [4.69, 9.17) is 16.3 Å². The second-order valence-corrected chi connectivity index (χ2v) is 5.14. The van der Waals surface area contributed by atoms with Crippen molar-refractivity contribution in [3.63, 3.8) is 0 Å². The van der Waals surface area contributed by atoms with E-state index in [-0.39, 0.29) is 12.0 Å². The first kappa shape index (κ1) is 14.3. The topological polar surface area (TPSA) is 49.8 Å². The summed E-state index contributed by atoms with van der Waals surface area (Å²) in [5.74, 6) is -0.0963. The van der Waals surface area contributed by atoms with Gasteiger partial charge in [0, 0.05) is 30.3 Å². The number of nitrogens with zero attached hydrogens (tertiary/aromatic N) is 1. The molecule has 1 aliphatic heterocycles. The highest BCUT2D eigenvalue weighted by Crippen LogP contribution is 2.20. The van der Waals surface area contributed by atoms with Gasteiger partial charge in [-0.25, -0.2) is 0 Å². The number of hydrogen-bond acceptors (Lipinski definition) is 3. The van der Waals surface area contributed by atoms with Crippen molar-refractivity contribution in [2.75, 3.05) is 19.7 Å². The number of benzene rings is 1. The van der Waals surface area contributed by atoms with Gasteiger partial charge in [0.2, 0.25) is 0 Å². The molecule has 1 heterocycles. The highest BCUT2D eigenvalue weighted by atomic mass is 35.5. The maximum absolute atomic E-state index is 12.3. The van der Waals surface area contributed by atoms with Crippen LogP contribution in [0.1, 0.15) is 22.8 Å². The summed E-state index contributed by atoms with van der Waals surface area (Å²) >= 11 is 5.95. The summed E-state index contributed by atoms with van der Waals surface area (Å²) < 4.78 is 5.41. The van der Waals surface area contributed by atoms with Gasteiger partial charge in [0.15, 0.2) is 0 Å². The zero-order valence-electron chi connectivity index (χ0n) is 11.1. The number of halogens is 1. The summed E-state index contributed by atoms with van der Waals surface area (Å²) in [6, 6.07) is 5.19. The molecule has 5 heteroatoms. The first-order valence-corrected chi connectivity index (χ1v) is 6.75. The molecule has 0 aliphatic carbocycles. The van der Waals surface area contributed by atoms with Gasteiger partial charge in [-0.05, 0) is 37.6 Å². The molecule has 0 bridgehead atoms. The molecule has 0 spiro atoms. The summed E-state index contributed by atoms with van der Waals surface area (Å²) in [7, 11) is 0. The second kappa shape index (κ2) is 5.90. The van der Waals surface area contributed by atoms with Crippen molar-refractivity contribution in [3.05, 3.63) is 34.3 Å². The second-order valence-electron chi connectivity index (χ2n) is 4.74. The number of carbonyl (C=O) groups excluding carboxylic acids is 1. The van der Waals surface area contributed by atoms with E-state index >= 15 is 0 Å². The molecule has 2 atom stereocenters. The van der Waals surface area contributed by atoms with Gasteiger partial charge < -0.3 is 14.7 Å². The van der Waals surface area contributed by atoms with E-state index in [1.54, 1.807) is 23.1 Å². The summed E-state index contributed by atoms with van der Waals surface area (Å²) in [5.41, 5.74) is 1.46. The molecule has 2 rings (SSSR count). The van der Waals surface area contributed by atoms with Crippen LogP contribution in [0, 0.1) is 6.92 Å². The number of aryl methyl sites for hydroxylation is 1. The lowest BCUT2D eigenvalue weighted by atomic mass is 10.1. The lowest BCUT2D eigenvalue weighted by Gasteiger charge is -2.16. The first-order valence-electron chi connectivity index (χ1n) is 6.38. The highest BCUT2D eigenvalue weighted by molar-refractivity contribution is 6.31. The predicted octanol–water partition coefficient (Wildman–Crippen LogP) is 1.87. The molecule has 0 radical (unpaired) electrons. The van der Waals surface area contributed by atoms with E-state index in [1.165, 1.54) is 0 Å². The lowest BCUT2D eigenvalue weighted by Crippen LogP contribution is -2.30. The van der Waals surface area contributed by atoms with Gasteiger partial charge in [0.25, 0.3) is 5.91 Å². The van der Waals surface area contributed by atoms with E-state index in [1.807, 2.05) is 13.8 Å². The number of rotatable bonds is 3. The van der Waals surface area contributed by atoms with Crippen molar-refractivity contribution in [3.8, 4) is 0 Å². The zero-order chi connectivity index (χ0) is 14.0. The van der Waals surface area contributed by atoms with Gasteiger partial charge in [0.05, 0.1) is 6.10 Å². The Morgan fingerprint density at radius 2 is 2.26 bits per heavy atom. The number of amides is 1. The predicted molar refractivity (Wildman–Crippen MR) is 73.5 cm³/mol. The van der Waals surface area contributed by atoms with E-state index in [2.05, 4.69) is 0 Å². The third-order valence-electron chi connectivity index (χ3n) is 3.31. The average Bonchev–Trinajstić information content (AvgIpc) is 2.74. The van der Waals surface area contributed by atoms with Crippen LogP contribution in [0.15, 0.2) is 18.2 Å². The molecule has 1 N–H and O–H groups in total. The number of aliphatic hydroxyl groups is 1. The maximum Gasteiger partial charge on any atom is 0.254 e. The van der Waals surface area contributed by atoms with Crippen molar-refractivity contribution in [1.29, 1.82) is 0 Å². The average molecular weight is 284 g/mol. The van der Waals surface area contributed by atoms with Crippen molar-refractivity contribution in [1.82, 2.24) is 4.90 Å². The first-order chi connectivity index (χ1) is 9.02. The third-order valence-corrected chi connectivity index (χ3v) is 3.73. The van der Waals surface area contributed by atoms with Crippen LogP contribution in [0.2, 0.25) is 5.02 Å². The molecule has 0 unspecified atom stereocenters. The molecule has 104 valence electrons. The maximum atomic E-state index is 12.3. The van der Waals surface area contributed by atoms with Crippen LogP contribution < -0.4 is 0 Å². The Hall–Kier alpha value is -1.10. The lowest BCUT2D eigenvalue weighted by molar-refractivity contribution is -0.00237. The van der Waals surface area contributed by atoms with Crippen LogP contribution in [0.25, 0.3) is 0 Å².